The van der Waals surface area contributed by atoms with Crippen LogP contribution in [0.1, 0.15) is 25.8 Å². The first-order valence-corrected chi connectivity index (χ1v) is 10.0. The highest BCUT2D eigenvalue weighted by atomic mass is 16.5. The van der Waals surface area contributed by atoms with Gasteiger partial charge in [0, 0.05) is 57.0 Å². The average Bonchev–Trinajstić information content (AvgIpc) is 2.96. The smallest absolute Gasteiger partial charge is 0.317 e. The largest absolute Gasteiger partial charge is 0.497 e. The van der Waals surface area contributed by atoms with Crippen molar-refractivity contribution >= 4 is 17.8 Å². The predicted octanol–water partition coefficient (Wildman–Crippen LogP) is 1.21. The lowest BCUT2D eigenvalue weighted by atomic mass is 9.86. The molecule has 0 radical (unpaired) electrons. The van der Waals surface area contributed by atoms with E-state index in [2.05, 4.69) is 10.6 Å². The minimum atomic E-state index is -0.435. The van der Waals surface area contributed by atoms with E-state index in [1.807, 2.05) is 43.0 Å². The van der Waals surface area contributed by atoms with Gasteiger partial charge in [-0.1, -0.05) is 26.0 Å². The minimum absolute atomic E-state index is 0.0255. The fourth-order valence-corrected chi connectivity index (χ4v) is 3.99. The Hall–Kier alpha value is -2.77. The van der Waals surface area contributed by atoms with Crippen molar-refractivity contribution in [3.05, 3.63) is 29.8 Å². The van der Waals surface area contributed by atoms with E-state index >= 15 is 0 Å². The molecule has 1 unspecified atom stereocenters. The molecule has 2 heterocycles. The van der Waals surface area contributed by atoms with Crippen LogP contribution in [-0.2, 0) is 16.1 Å². The SMILES string of the molecule is COc1ccc(CNC(=O)N2CCN(C(=O)C(C)C)CC3(CNC(=O)C3)C2)cc1. The number of nitrogens with one attached hydrogen (secondary N) is 2. The lowest BCUT2D eigenvalue weighted by molar-refractivity contribution is -0.135. The number of ether oxygens (including phenoxy) is 1. The Labute approximate surface area is 171 Å². The Morgan fingerprint density at radius 2 is 1.83 bits per heavy atom. The maximum Gasteiger partial charge on any atom is 0.317 e. The van der Waals surface area contributed by atoms with Gasteiger partial charge < -0.3 is 25.2 Å². The Morgan fingerprint density at radius 1 is 1.17 bits per heavy atom. The molecule has 2 saturated heterocycles. The normalized spacial score (nSPS) is 21.9. The van der Waals surface area contributed by atoms with Crippen molar-refractivity contribution in [3.8, 4) is 5.75 Å². The van der Waals surface area contributed by atoms with Crippen LogP contribution in [0.4, 0.5) is 4.79 Å². The molecule has 8 nitrogen and oxygen atoms in total. The zero-order chi connectivity index (χ0) is 21.0. The first-order chi connectivity index (χ1) is 13.8. The summed E-state index contributed by atoms with van der Waals surface area (Å²) in [6, 6.07) is 7.34. The van der Waals surface area contributed by atoms with Crippen molar-refractivity contribution in [3.63, 3.8) is 0 Å². The third-order valence-corrected chi connectivity index (χ3v) is 5.58. The van der Waals surface area contributed by atoms with Crippen LogP contribution in [0.3, 0.4) is 0 Å². The fraction of sp³-hybridized carbons (Fsp3) is 0.571. The number of hydrogen-bond donors (Lipinski definition) is 2. The molecule has 0 aromatic heterocycles. The number of carbonyl (C=O) groups excluding carboxylic acids is 3. The molecule has 0 bridgehead atoms. The van der Waals surface area contributed by atoms with Crippen LogP contribution >= 0.6 is 0 Å². The second-order valence-corrected chi connectivity index (χ2v) is 8.30. The molecule has 1 atom stereocenters. The summed E-state index contributed by atoms with van der Waals surface area (Å²) in [6.07, 6.45) is 0.330. The number of carbonyl (C=O) groups is 3. The van der Waals surface area contributed by atoms with Crippen LogP contribution in [0.5, 0.6) is 5.75 Å². The molecule has 1 aromatic rings. The third-order valence-electron chi connectivity index (χ3n) is 5.58. The number of rotatable bonds is 4. The number of methoxy groups -OCH3 is 1. The van der Waals surface area contributed by atoms with Crippen LogP contribution < -0.4 is 15.4 Å². The topological polar surface area (TPSA) is 91.0 Å². The maximum atomic E-state index is 12.9. The van der Waals surface area contributed by atoms with Gasteiger partial charge in [-0.3, -0.25) is 9.59 Å². The molecule has 2 fully saturated rings. The van der Waals surface area contributed by atoms with Crippen molar-refractivity contribution in [2.45, 2.75) is 26.8 Å². The molecule has 158 valence electrons. The first-order valence-electron chi connectivity index (χ1n) is 10.0. The van der Waals surface area contributed by atoms with Gasteiger partial charge >= 0.3 is 6.03 Å². The lowest BCUT2D eigenvalue weighted by Crippen LogP contribution is -2.47. The summed E-state index contributed by atoms with van der Waals surface area (Å²) >= 11 is 0. The molecule has 2 aliphatic rings. The molecule has 0 aliphatic carbocycles. The summed E-state index contributed by atoms with van der Waals surface area (Å²) in [5, 5.41) is 5.83. The fourth-order valence-electron chi connectivity index (χ4n) is 3.99. The van der Waals surface area contributed by atoms with E-state index in [-0.39, 0.29) is 23.8 Å². The Kier molecular flexibility index (Phi) is 6.30. The molecule has 1 spiro atoms. The van der Waals surface area contributed by atoms with Gasteiger partial charge in [0.1, 0.15) is 5.75 Å². The highest BCUT2D eigenvalue weighted by Crippen LogP contribution is 2.31. The van der Waals surface area contributed by atoms with Crippen LogP contribution in [0.2, 0.25) is 0 Å². The van der Waals surface area contributed by atoms with E-state index in [0.29, 0.717) is 45.7 Å². The summed E-state index contributed by atoms with van der Waals surface area (Å²) in [5.74, 6) is 0.682. The highest BCUT2D eigenvalue weighted by Gasteiger charge is 2.45. The quantitative estimate of drug-likeness (QED) is 0.792. The first kappa shape index (κ1) is 21.0. The molecular formula is C21H30N4O4. The van der Waals surface area contributed by atoms with Gasteiger partial charge in [-0.2, -0.15) is 0 Å². The Morgan fingerprint density at radius 3 is 2.41 bits per heavy atom. The van der Waals surface area contributed by atoms with Gasteiger partial charge in [-0.05, 0) is 17.7 Å². The summed E-state index contributed by atoms with van der Waals surface area (Å²) < 4.78 is 5.15. The number of urea groups is 1. The Bertz CT molecular complexity index is 764. The van der Waals surface area contributed by atoms with Crippen LogP contribution in [-0.4, -0.2) is 67.5 Å². The van der Waals surface area contributed by atoms with E-state index in [1.165, 1.54) is 0 Å². The van der Waals surface area contributed by atoms with Gasteiger partial charge in [0.25, 0.3) is 0 Å². The van der Waals surface area contributed by atoms with Crippen molar-refractivity contribution in [2.75, 3.05) is 39.8 Å². The molecule has 2 aliphatic heterocycles. The van der Waals surface area contributed by atoms with Crippen LogP contribution in [0.25, 0.3) is 0 Å². The summed E-state index contributed by atoms with van der Waals surface area (Å²) in [4.78, 5) is 40.9. The lowest BCUT2D eigenvalue weighted by Gasteiger charge is -2.33. The maximum absolute atomic E-state index is 12.9. The monoisotopic (exact) mass is 402 g/mol. The molecule has 29 heavy (non-hydrogen) atoms. The number of nitrogens with zero attached hydrogens (tertiary/aromatic N) is 2. The van der Waals surface area contributed by atoms with E-state index in [4.69, 9.17) is 4.74 Å². The summed E-state index contributed by atoms with van der Waals surface area (Å²) in [5.41, 5.74) is 0.535. The number of amides is 4. The number of hydrogen-bond acceptors (Lipinski definition) is 4. The van der Waals surface area contributed by atoms with Gasteiger partial charge in [0.2, 0.25) is 11.8 Å². The zero-order valence-corrected chi connectivity index (χ0v) is 17.4. The van der Waals surface area contributed by atoms with Crippen LogP contribution in [0, 0.1) is 11.3 Å². The zero-order valence-electron chi connectivity index (χ0n) is 17.4. The molecule has 2 N–H and O–H groups in total. The molecular weight excluding hydrogens is 372 g/mol. The molecule has 0 saturated carbocycles. The standard InChI is InChI=1S/C21H30N4O4/c1-15(2)19(27)24-8-9-25(14-21(13-24)10-18(26)23-12-21)20(28)22-11-16-4-6-17(29-3)7-5-16/h4-7,15H,8-14H2,1-3H3,(H,22,28)(H,23,26). The summed E-state index contributed by atoms with van der Waals surface area (Å²) in [7, 11) is 1.61. The average molecular weight is 402 g/mol. The third kappa shape index (κ3) is 4.99. The van der Waals surface area contributed by atoms with Crippen molar-refractivity contribution < 1.29 is 19.1 Å². The van der Waals surface area contributed by atoms with Crippen molar-refractivity contribution in [2.24, 2.45) is 11.3 Å². The molecule has 1 aromatic carbocycles. The van der Waals surface area contributed by atoms with Crippen molar-refractivity contribution in [1.29, 1.82) is 0 Å². The van der Waals surface area contributed by atoms with Gasteiger partial charge in [0.15, 0.2) is 0 Å². The second-order valence-electron chi connectivity index (χ2n) is 8.30. The predicted molar refractivity (Wildman–Crippen MR) is 108 cm³/mol. The number of benzene rings is 1. The summed E-state index contributed by atoms with van der Waals surface area (Å²) in [6.45, 7) is 6.49. The Balaban J connectivity index is 1.68. The van der Waals surface area contributed by atoms with Gasteiger partial charge in [0.05, 0.1) is 7.11 Å². The molecule has 8 heteroatoms. The van der Waals surface area contributed by atoms with E-state index < -0.39 is 5.41 Å². The molecule has 4 amide bonds. The second kappa shape index (κ2) is 8.71. The van der Waals surface area contributed by atoms with Crippen LogP contribution in [0.15, 0.2) is 24.3 Å². The van der Waals surface area contributed by atoms with Crippen molar-refractivity contribution in [1.82, 2.24) is 20.4 Å². The van der Waals surface area contributed by atoms with Gasteiger partial charge in [-0.25, -0.2) is 4.79 Å². The highest BCUT2D eigenvalue weighted by molar-refractivity contribution is 5.81. The minimum Gasteiger partial charge on any atom is -0.497 e. The van der Waals surface area contributed by atoms with E-state index in [0.717, 1.165) is 11.3 Å². The van der Waals surface area contributed by atoms with Gasteiger partial charge in [-0.15, -0.1) is 0 Å². The van der Waals surface area contributed by atoms with E-state index in [1.54, 1.807) is 12.0 Å². The van der Waals surface area contributed by atoms with E-state index in [9.17, 15) is 14.4 Å². The molecule has 3 rings (SSSR count).